The molecule has 1 N–H and O–H groups in total. The number of pyridine rings is 1. The van der Waals surface area contributed by atoms with Crippen LogP contribution < -0.4 is 5.32 Å². The zero-order valence-corrected chi connectivity index (χ0v) is 17.4. The third-order valence-corrected chi connectivity index (χ3v) is 4.81. The highest BCUT2D eigenvalue weighted by molar-refractivity contribution is 9.10. The van der Waals surface area contributed by atoms with Gasteiger partial charge in [-0.3, -0.25) is 0 Å². The summed E-state index contributed by atoms with van der Waals surface area (Å²) in [6, 6.07) is 1.61. The normalized spacial score (nSPS) is 13.1. The summed E-state index contributed by atoms with van der Waals surface area (Å²) in [5, 5.41) is 3.22. The number of ether oxygens (including phenoxy) is 1. The lowest BCUT2D eigenvalue weighted by Gasteiger charge is -2.21. The number of alkyl carbamates (subject to hydrolysis) is 1. The average molecular weight is 436 g/mol. The first kappa shape index (κ1) is 19.4. The zero-order valence-electron chi connectivity index (χ0n) is 14.2. The molecule has 2 aromatic heterocycles. The van der Waals surface area contributed by atoms with Crippen LogP contribution in [-0.4, -0.2) is 29.0 Å². The van der Waals surface area contributed by atoms with Crippen molar-refractivity contribution in [2.75, 3.05) is 6.26 Å². The maximum Gasteiger partial charge on any atom is 0.407 e. The molecule has 1 atom stereocenters. The second kappa shape index (κ2) is 7.54. The van der Waals surface area contributed by atoms with Crippen LogP contribution >= 0.6 is 39.3 Å². The van der Waals surface area contributed by atoms with Crippen LogP contribution in [0.1, 0.15) is 33.5 Å². The minimum absolute atomic E-state index is 0.162. The van der Waals surface area contributed by atoms with Gasteiger partial charge < -0.3 is 14.5 Å². The van der Waals surface area contributed by atoms with Gasteiger partial charge in [0.2, 0.25) is 0 Å². The van der Waals surface area contributed by atoms with E-state index >= 15 is 0 Å². The molecule has 24 heavy (non-hydrogen) atoms. The van der Waals surface area contributed by atoms with E-state index in [4.69, 9.17) is 20.8 Å². The number of carbonyl (C=O) groups excluding carboxylic acids is 1. The Morgan fingerprint density at radius 3 is 2.79 bits per heavy atom. The van der Waals surface area contributed by atoms with Crippen molar-refractivity contribution in [2.24, 2.45) is 0 Å². The van der Waals surface area contributed by atoms with E-state index in [0.29, 0.717) is 28.4 Å². The molecular weight excluding hydrogens is 416 g/mol. The average Bonchev–Trinajstić information content (AvgIpc) is 2.73. The van der Waals surface area contributed by atoms with E-state index in [2.05, 4.69) is 26.2 Å². The summed E-state index contributed by atoms with van der Waals surface area (Å²) in [5.41, 5.74) is 0.849. The van der Waals surface area contributed by atoms with Crippen molar-refractivity contribution in [3.8, 4) is 0 Å². The van der Waals surface area contributed by atoms with Crippen LogP contribution in [0, 0.1) is 0 Å². The zero-order chi connectivity index (χ0) is 18.1. The Hall–Kier alpha value is -0.920. The molecule has 0 aliphatic carbocycles. The maximum atomic E-state index is 11.9. The molecule has 2 aromatic rings. The van der Waals surface area contributed by atoms with E-state index in [0.717, 1.165) is 9.37 Å². The smallest absolute Gasteiger partial charge is 0.407 e. The molecule has 0 unspecified atom stereocenters. The molecule has 132 valence electrons. The number of thioether (sulfide) groups is 1. The van der Waals surface area contributed by atoms with Crippen molar-refractivity contribution in [1.29, 1.82) is 0 Å². The molecule has 2 rings (SSSR count). The molecule has 0 aliphatic rings. The van der Waals surface area contributed by atoms with E-state index in [1.54, 1.807) is 17.8 Å². The summed E-state index contributed by atoms with van der Waals surface area (Å²) in [4.78, 5) is 17.1. The van der Waals surface area contributed by atoms with Crippen LogP contribution in [0.2, 0.25) is 5.15 Å². The Morgan fingerprint density at radius 2 is 2.21 bits per heavy atom. The van der Waals surface area contributed by atoms with Crippen molar-refractivity contribution in [1.82, 2.24) is 10.3 Å². The van der Waals surface area contributed by atoms with E-state index in [9.17, 15) is 4.79 Å². The second-order valence-electron chi connectivity index (χ2n) is 6.42. The standard InChI is InChI=1S/C16H20BrClN2O3S/c1-8(19-15(21)23-16(2,3)4)6-9-12(17)13-14(22-9)10(24-5)7-11(18)20-13/h7-8H,6H2,1-5H3,(H,19,21)/t8-/m0/s1. The molecular formula is C16H20BrClN2O3S. The number of halogens is 2. The Morgan fingerprint density at radius 1 is 1.54 bits per heavy atom. The first-order chi connectivity index (χ1) is 11.1. The van der Waals surface area contributed by atoms with Crippen molar-refractivity contribution >= 4 is 56.5 Å². The number of nitrogens with one attached hydrogen (secondary N) is 1. The summed E-state index contributed by atoms with van der Waals surface area (Å²) in [6.07, 6.45) is 2.00. The van der Waals surface area contributed by atoms with Gasteiger partial charge in [0.1, 0.15) is 22.0 Å². The topological polar surface area (TPSA) is 64.4 Å². The largest absolute Gasteiger partial charge is 0.457 e. The van der Waals surface area contributed by atoms with Gasteiger partial charge >= 0.3 is 6.09 Å². The number of carbonyl (C=O) groups is 1. The predicted molar refractivity (Wildman–Crippen MR) is 101 cm³/mol. The summed E-state index contributed by atoms with van der Waals surface area (Å²) in [5.74, 6) is 0.707. The van der Waals surface area contributed by atoms with Crippen LogP contribution in [0.4, 0.5) is 4.79 Å². The molecule has 5 nitrogen and oxygen atoms in total. The first-order valence-corrected chi connectivity index (χ1v) is 9.81. The molecule has 8 heteroatoms. The monoisotopic (exact) mass is 434 g/mol. The minimum Gasteiger partial charge on any atom is -0.457 e. The van der Waals surface area contributed by atoms with Gasteiger partial charge in [-0.05, 0) is 55.9 Å². The summed E-state index contributed by atoms with van der Waals surface area (Å²) in [7, 11) is 0. The fraction of sp³-hybridized carbons (Fsp3) is 0.500. The molecule has 0 aromatic carbocycles. The molecule has 0 fully saturated rings. The lowest BCUT2D eigenvalue weighted by atomic mass is 10.2. The van der Waals surface area contributed by atoms with Crippen molar-refractivity contribution in [3.05, 3.63) is 21.5 Å². The number of aromatic nitrogens is 1. The van der Waals surface area contributed by atoms with Crippen molar-refractivity contribution in [2.45, 2.75) is 50.7 Å². The molecule has 0 saturated carbocycles. The van der Waals surface area contributed by atoms with Gasteiger partial charge in [0, 0.05) is 12.5 Å². The highest BCUT2D eigenvalue weighted by Gasteiger charge is 2.21. The molecule has 0 bridgehead atoms. The number of furan rings is 1. The van der Waals surface area contributed by atoms with Crippen LogP contribution in [0.3, 0.4) is 0 Å². The number of amides is 1. The van der Waals surface area contributed by atoms with Gasteiger partial charge in [-0.1, -0.05) is 11.6 Å². The molecule has 0 aliphatic heterocycles. The summed E-state index contributed by atoms with van der Waals surface area (Å²) < 4.78 is 12.0. The van der Waals surface area contributed by atoms with Crippen molar-refractivity contribution in [3.63, 3.8) is 0 Å². The van der Waals surface area contributed by atoms with Gasteiger partial charge in [-0.2, -0.15) is 0 Å². The predicted octanol–water partition coefficient (Wildman–Crippen LogP) is 5.42. The molecule has 0 spiro atoms. The fourth-order valence-electron chi connectivity index (χ4n) is 2.15. The van der Waals surface area contributed by atoms with Crippen LogP contribution in [0.5, 0.6) is 0 Å². The number of hydrogen-bond acceptors (Lipinski definition) is 5. The van der Waals surface area contributed by atoms with Gasteiger partial charge in [0.15, 0.2) is 5.58 Å². The second-order valence-corrected chi connectivity index (χ2v) is 8.44. The number of fused-ring (bicyclic) bond motifs is 1. The number of nitrogens with zero attached hydrogens (tertiary/aromatic N) is 1. The third kappa shape index (κ3) is 4.80. The van der Waals surface area contributed by atoms with Gasteiger partial charge in [0.05, 0.1) is 9.37 Å². The minimum atomic E-state index is -0.530. The highest BCUT2D eigenvalue weighted by Crippen LogP contribution is 2.36. The highest BCUT2D eigenvalue weighted by atomic mass is 79.9. The van der Waals surface area contributed by atoms with Crippen molar-refractivity contribution < 1.29 is 13.9 Å². The summed E-state index contributed by atoms with van der Waals surface area (Å²) >= 11 is 11.1. The first-order valence-electron chi connectivity index (χ1n) is 7.41. The Bertz CT molecular complexity index is 758. The van der Waals surface area contributed by atoms with Crippen LogP contribution in [0.25, 0.3) is 11.1 Å². The Labute approximate surface area is 159 Å². The van der Waals surface area contributed by atoms with E-state index < -0.39 is 11.7 Å². The third-order valence-electron chi connectivity index (χ3n) is 3.06. The fourth-order valence-corrected chi connectivity index (χ4v) is 3.47. The van der Waals surface area contributed by atoms with Gasteiger partial charge in [-0.25, -0.2) is 9.78 Å². The lowest BCUT2D eigenvalue weighted by Crippen LogP contribution is -2.38. The Balaban J connectivity index is 2.18. The number of hydrogen-bond donors (Lipinski definition) is 1. The van der Waals surface area contributed by atoms with E-state index in [-0.39, 0.29) is 6.04 Å². The van der Waals surface area contributed by atoms with Crippen LogP contribution in [-0.2, 0) is 11.2 Å². The van der Waals surface area contributed by atoms with Gasteiger partial charge in [-0.15, -0.1) is 11.8 Å². The van der Waals surface area contributed by atoms with Crippen LogP contribution in [0.15, 0.2) is 19.9 Å². The SMILES string of the molecule is CSc1cc(Cl)nc2c(Br)c(C[C@H](C)NC(=O)OC(C)(C)C)oc12. The van der Waals surface area contributed by atoms with E-state index in [1.165, 1.54) is 0 Å². The molecule has 0 saturated heterocycles. The summed E-state index contributed by atoms with van der Waals surface area (Å²) in [6.45, 7) is 7.37. The number of rotatable bonds is 4. The van der Waals surface area contributed by atoms with Gasteiger partial charge in [0.25, 0.3) is 0 Å². The quantitative estimate of drug-likeness (QED) is 0.513. The molecule has 2 heterocycles. The van der Waals surface area contributed by atoms with E-state index in [1.807, 2.05) is 34.0 Å². The molecule has 0 radical (unpaired) electrons. The Kier molecular flexibility index (Phi) is 6.09. The maximum absolute atomic E-state index is 11.9. The lowest BCUT2D eigenvalue weighted by molar-refractivity contribution is 0.0507. The molecule has 1 amide bonds.